The van der Waals surface area contributed by atoms with Crippen LogP contribution in [0.25, 0.3) is 77.5 Å². The zero-order valence-electron chi connectivity index (χ0n) is 29.9. The molecule has 0 radical (unpaired) electrons. The van der Waals surface area contributed by atoms with Gasteiger partial charge in [-0.05, 0) is 112 Å². The summed E-state index contributed by atoms with van der Waals surface area (Å²) in [6.45, 7) is 4.65. The van der Waals surface area contributed by atoms with Gasteiger partial charge in [0.15, 0.2) is 5.58 Å². The summed E-state index contributed by atoms with van der Waals surface area (Å²) in [6.07, 6.45) is 0. The van der Waals surface area contributed by atoms with E-state index in [0.717, 1.165) is 77.6 Å². The number of furan rings is 1. The monoisotopic (exact) mass is 694 g/mol. The third-order valence-electron chi connectivity index (χ3n) is 11.3. The van der Waals surface area contributed by atoms with Gasteiger partial charge in [0.1, 0.15) is 16.7 Å². The molecular weight excluding hydrogens is 661 g/mol. The van der Waals surface area contributed by atoms with Gasteiger partial charge in [0.25, 0.3) is 0 Å². The van der Waals surface area contributed by atoms with Crippen molar-refractivity contribution < 1.29 is 8.83 Å². The van der Waals surface area contributed by atoms with Crippen LogP contribution in [-0.2, 0) is 5.41 Å². The van der Waals surface area contributed by atoms with Crippen molar-refractivity contribution >= 4 is 60.9 Å². The molecule has 4 nitrogen and oxygen atoms in total. The molecule has 0 atom stereocenters. The van der Waals surface area contributed by atoms with Gasteiger partial charge in [-0.15, -0.1) is 0 Å². The Morgan fingerprint density at radius 1 is 0.463 bits per heavy atom. The van der Waals surface area contributed by atoms with Crippen molar-refractivity contribution in [2.75, 3.05) is 4.90 Å². The number of oxazole rings is 1. The summed E-state index contributed by atoms with van der Waals surface area (Å²) in [7, 11) is 0. The molecule has 0 aliphatic heterocycles. The minimum atomic E-state index is -0.0621. The Morgan fingerprint density at radius 2 is 1.15 bits per heavy atom. The predicted molar refractivity (Wildman–Crippen MR) is 222 cm³/mol. The smallest absolute Gasteiger partial charge is 0.227 e. The number of anilines is 3. The van der Waals surface area contributed by atoms with E-state index in [4.69, 9.17) is 13.8 Å². The third-order valence-corrected chi connectivity index (χ3v) is 11.3. The number of benzene rings is 8. The highest BCUT2D eigenvalue weighted by Crippen LogP contribution is 2.51. The van der Waals surface area contributed by atoms with Crippen molar-refractivity contribution in [3.63, 3.8) is 0 Å². The van der Waals surface area contributed by atoms with Gasteiger partial charge >= 0.3 is 0 Å². The van der Waals surface area contributed by atoms with Crippen molar-refractivity contribution in [2.24, 2.45) is 0 Å². The summed E-state index contributed by atoms with van der Waals surface area (Å²) in [5, 5.41) is 4.41. The molecule has 0 N–H and O–H groups in total. The van der Waals surface area contributed by atoms with Crippen LogP contribution >= 0.6 is 0 Å². The first kappa shape index (κ1) is 30.7. The average Bonchev–Trinajstić information content (AvgIpc) is 3.89. The van der Waals surface area contributed by atoms with Gasteiger partial charge < -0.3 is 13.7 Å². The fourth-order valence-corrected chi connectivity index (χ4v) is 8.55. The molecule has 11 rings (SSSR count). The number of para-hydroxylation sites is 1. The predicted octanol–water partition coefficient (Wildman–Crippen LogP) is 14.0. The van der Waals surface area contributed by atoms with Gasteiger partial charge in [-0.25, -0.2) is 4.98 Å². The number of rotatable bonds is 5. The molecule has 2 heterocycles. The van der Waals surface area contributed by atoms with E-state index in [0.29, 0.717) is 5.89 Å². The number of hydrogen-bond acceptors (Lipinski definition) is 4. The maximum Gasteiger partial charge on any atom is 0.227 e. The molecule has 0 saturated heterocycles. The van der Waals surface area contributed by atoms with E-state index < -0.39 is 0 Å². The summed E-state index contributed by atoms with van der Waals surface area (Å²) in [6, 6.07) is 60.3. The second-order valence-corrected chi connectivity index (χ2v) is 14.8. The molecule has 1 aliphatic carbocycles. The lowest BCUT2D eigenvalue weighted by Gasteiger charge is -2.27. The molecule has 10 aromatic rings. The zero-order valence-corrected chi connectivity index (χ0v) is 29.9. The number of nitrogens with zero attached hydrogens (tertiary/aromatic N) is 2. The number of hydrogen-bond donors (Lipinski definition) is 0. The molecule has 0 spiro atoms. The average molecular weight is 695 g/mol. The quantitative estimate of drug-likeness (QED) is 0.180. The summed E-state index contributed by atoms with van der Waals surface area (Å²) in [4.78, 5) is 7.12. The number of aromatic nitrogens is 1. The minimum absolute atomic E-state index is 0.0621. The molecule has 0 amide bonds. The van der Waals surface area contributed by atoms with Crippen LogP contribution in [0, 0.1) is 0 Å². The Balaban J connectivity index is 1.01. The Hall–Kier alpha value is -6.91. The maximum atomic E-state index is 6.39. The maximum absolute atomic E-state index is 6.39. The van der Waals surface area contributed by atoms with Crippen LogP contribution in [0.5, 0.6) is 0 Å². The van der Waals surface area contributed by atoms with Crippen LogP contribution in [0.3, 0.4) is 0 Å². The highest BCUT2D eigenvalue weighted by Gasteiger charge is 2.35. The van der Waals surface area contributed by atoms with Crippen molar-refractivity contribution in [2.45, 2.75) is 19.3 Å². The Kier molecular flexibility index (Phi) is 6.56. The first-order valence-corrected chi connectivity index (χ1v) is 18.4. The van der Waals surface area contributed by atoms with E-state index in [1.165, 1.54) is 22.3 Å². The van der Waals surface area contributed by atoms with Crippen LogP contribution in [-0.4, -0.2) is 4.98 Å². The summed E-state index contributed by atoms with van der Waals surface area (Å²) < 4.78 is 12.7. The van der Waals surface area contributed by atoms with Gasteiger partial charge in [-0.1, -0.05) is 105 Å². The molecule has 4 heteroatoms. The van der Waals surface area contributed by atoms with Crippen molar-refractivity contribution in [3.05, 3.63) is 181 Å². The molecule has 8 aromatic carbocycles. The van der Waals surface area contributed by atoms with Crippen LogP contribution in [0.15, 0.2) is 179 Å². The van der Waals surface area contributed by atoms with Gasteiger partial charge in [-0.2, -0.15) is 0 Å². The fourth-order valence-electron chi connectivity index (χ4n) is 8.55. The first-order valence-electron chi connectivity index (χ1n) is 18.4. The van der Waals surface area contributed by atoms with E-state index in [1.807, 2.05) is 48.5 Å². The van der Waals surface area contributed by atoms with Gasteiger partial charge in [0.2, 0.25) is 5.89 Å². The SMILES string of the molecule is CC1(C)c2ccccc2-c2cc(N(c3ccc(-c4ccc5c(ccc6nc(-c7ccccc7)oc65)c4)cc3)c3ccc4c(c3)oc3ccccc34)ccc21. The second-order valence-electron chi connectivity index (χ2n) is 14.8. The number of fused-ring (bicyclic) bond motifs is 9. The van der Waals surface area contributed by atoms with Crippen molar-refractivity contribution in [3.8, 4) is 33.7 Å². The van der Waals surface area contributed by atoms with Gasteiger partial charge in [0.05, 0.1) is 0 Å². The normalized spacial score (nSPS) is 13.1. The van der Waals surface area contributed by atoms with Gasteiger partial charge in [0, 0.05) is 50.3 Å². The van der Waals surface area contributed by atoms with E-state index in [1.54, 1.807) is 0 Å². The molecular formula is C50H34N2O2. The molecule has 256 valence electrons. The lowest BCUT2D eigenvalue weighted by Crippen LogP contribution is -2.15. The molecule has 2 aromatic heterocycles. The summed E-state index contributed by atoms with van der Waals surface area (Å²) in [5.74, 6) is 0.637. The lowest BCUT2D eigenvalue weighted by molar-refractivity contribution is 0.623. The van der Waals surface area contributed by atoms with Crippen molar-refractivity contribution in [1.29, 1.82) is 0 Å². The second kappa shape index (κ2) is 11.5. The van der Waals surface area contributed by atoms with E-state index in [2.05, 4.69) is 140 Å². The molecule has 0 fully saturated rings. The largest absolute Gasteiger partial charge is 0.456 e. The first-order chi connectivity index (χ1) is 26.5. The van der Waals surface area contributed by atoms with Crippen LogP contribution in [0.1, 0.15) is 25.0 Å². The molecule has 1 aliphatic rings. The standard InChI is InChI=1S/C50H34N2O2/c1-50(2)43-14-8-6-12-39(43)42-29-36(23-26-44(42)50)52(37-22-25-41-40-13-7-9-15-46(40)53-47(41)30-37)35-20-16-31(17-21-35)33-18-24-38-34(28-33)19-27-45-48(38)54-49(51-45)32-10-4-3-5-11-32/h3-30H,1-2H3. The van der Waals surface area contributed by atoms with E-state index >= 15 is 0 Å². The highest BCUT2D eigenvalue weighted by molar-refractivity contribution is 6.07. The summed E-state index contributed by atoms with van der Waals surface area (Å²) >= 11 is 0. The minimum Gasteiger partial charge on any atom is -0.456 e. The summed E-state index contributed by atoms with van der Waals surface area (Å²) in [5.41, 5.74) is 15.1. The molecule has 54 heavy (non-hydrogen) atoms. The van der Waals surface area contributed by atoms with E-state index in [-0.39, 0.29) is 5.41 Å². The Morgan fingerprint density at radius 3 is 2.04 bits per heavy atom. The molecule has 0 saturated carbocycles. The fraction of sp³-hybridized carbons (Fsp3) is 0.0600. The highest BCUT2D eigenvalue weighted by atomic mass is 16.3. The van der Waals surface area contributed by atoms with Crippen molar-refractivity contribution in [1.82, 2.24) is 4.98 Å². The van der Waals surface area contributed by atoms with Crippen LogP contribution < -0.4 is 4.90 Å². The van der Waals surface area contributed by atoms with Crippen LogP contribution in [0.2, 0.25) is 0 Å². The Labute approximate surface area is 312 Å². The van der Waals surface area contributed by atoms with Gasteiger partial charge in [-0.3, -0.25) is 0 Å². The molecule has 0 unspecified atom stereocenters. The lowest BCUT2D eigenvalue weighted by atomic mass is 9.82. The van der Waals surface area contributed by atoms with E-state index in [9.17, 15) is 0 Å². The Bertz CT molecular complexity index is 3080. The third kappa shape index (κ3) is 4.66. The zero-order chi connectivity index (χ0) is 36.0. The molecule has 0 bridgehead atoms. The van der Waals surface area contributed by atoms with Crippen LogP contribution in [0.4, 0.5) is 17.1 Å². The topological polar surface area (TPSA) is 42.4 Å².